The highest BCUT2D eigenvalue weighted by Gasteiger charge is 2.58. The van der Waals surface area contributed by atoms with Crippen molar-refractivity contribution in [3.63, 3.8) is 0 Å². The van der Waals surface area contributed by atoms with Crippen LogP contribution in [0.2, 0.25) is 0 Å². The van der Waals surface area contributed by atoms with Gasteiger partial charge >= 0.3 is 23.9 Å². The average molecular weight is 795 g/mol. The summed E-state index contributed by atoms with van der Waals surface area (Å²) in [6.07, 6.45) is -0.748. The molecule has 4 aliphatic rings. The highest BCUT2D eigenvalue weighted by Crippen LogP contribution is 2.50. The number of esters is 4. The maximum Gasteiger partial charge on any atom is 0.330 e. The molecule has 0 saturated carbocycles. The number of hydrogen-bond donors (Lipinski definition) is 4. The van der Waals surface area contributed by atoms with E-state index in [0.717, 1.165) is 0 Å². The van der Waals surface area contributed by atoms with Crippen LogP contribution in [0.1, 0.15) is 112 Å². The van der Waals surface area contributed by atoms with Crippen molar-refractivity contribution < 1.29 is 72.8 Å². The van der Waals surface area contributed by atoms with Crippen molar-refractivity contribution in [3.05, 3.63) is 35.5 Å². The molecule has 0 amide bonds. The molecule has 0 aromatic carbocycles. The maximum atomic E-state index is 13.3. The van der Waals surface area contributed by atoms with Crippen molar-refractivity contribution >= 4 is 23.9 Å². The molecule has 10 atom stereocenters. The van der Waals surface area contributed by atoms with Crippen molar-refractivity contribution in [2.75, 3.05) is 14.2 Å². The summed E-state index contributed by atoms with van der Waals surface area (Å²) in [4.78, 5) is 50.9. The molecular formula is C41H62O15. The Kier molecular flexibility index (Phi) is 15.1. The van der Waals surface area contributed by atoms with E-state index in [-0.39, 0.29) is 57.8 Å². The minimum absolute atomic E-state index is 0.0616. The first-order valence-corrected chi connectivity index (χ1v) is 19.6. The Morgan fingerprint density at radius 1 is 0.893 bits per heavy atom. The monoisotopic (exact) mass is 794 g/mol. The fourth-order valence-corrected chi connectivity index (χ4v) is 7.95. The van der Waals surface area contributed by atoms with Gasteiger partial charge in [0.1, 0.15) is 12.2 Å². The second-order valence-electron chi connectivity index (χ2n) is 16.9. The molecule has 4 N–H and O–H groups in total. The van der Waals surface area contributed by atoms with Gasteiger partial charge in [0.2, 0.25) is 0 Å². The van der Waals surface area contributed by atoms with E-state index in [0.29, 0.717) is 17.6 Å². The van der Waals surface area contributed by atoms with E-state index < -0.39 is 102 Å². The molecule has 56 heavy (non-hydrogen) atoms. The lowest BCUT2D eigenvalue weighted by molar-refractivity contribution is -0.348. The molecule has 0 spiro atoms. The SMILES string of the molecule is CCCC(=O)O[C@H]1C[C@H]2C[C@@H](O)CC(=O)O[C@@H]([C@@H](C)O)C[C@@H]3C/C(=C\C(=O)OC)C[C@@](O)(O3)C(C)(C)/C=C/[C@H]3C/C(=C/C(=O)OC)C[C@@H](C[C@](O)(O2)C1(C)C)O3. The van der Waals surface area contributed by atoms with E-state index in [1.165, 1.54) is 33.3 Å². The summed E-state index contributed by atoms with van der Waals surface area (Å²) < 4.78 is 40.7. The van der Waals surface area contributed by atoms with Gasteiger partial charge in [-0.15, -0.1) is 0 Å². The number of aliphatic hydroxyl groups excluding tert-OH is 2. The maximum absolute atomic E-state index is 13.3. The van der Waals surface area contributed by atoms with Crippen molar-refractivity contribution in [3.8, 4) is 0 Å². The molecular weight excluding hydrogens is 732 g/mol. The van der Waals surface area contributed by atoms with E-state index >= 15 is 0 Å². The van der Waals surface area contributed by atoms with Crippen LogP contribution in [0.4, 0.5) is 0 Å². The zero-order valence-corrected chi connectivity index (χ0v) is 34.0. The second kappa shape index (κ2) is 18.6. The Labute approximate surface area is 329 Å². The molecule has 4 aliphatic heterocycles. The third kappa shape index (κ3) is 11.3. The minimum Gasteiger partial charge on any atom is -0.466 e. The van der Waals surface area contributed by atoms with Gasteiger partial charge in [-0.25, -0.2) is 9.59 Å². The number of carbonyl (C=O) groups is 4. The Morgan fingerprint density at radius 3 is 2.14 bits per heavy atom. The lowest BCUT2D eigenvalue weighted by Gasteiger charge is -2.53. The van der Waals surface area contributed by atoms with Gasteiger partial charge < -0.3 is 53.6 Å². The van der Waals surface area contributed by atoms with Crippen LogP contribution in [0.25, 0.3) is 0 Å². The van der Waals surface area contributed by atoms with Gasteiger partial charge in [-0.2, -0.15) is 0 Å². The summed E-state index contributed by atoms with van der Waals surface area (Å²) in [5, 5.41) is 46.6. The zero-order chi connectivity index (χ0) is 41.6. The van der Waals surface area contributed by atoms with Gasteiger partial charge in [0.05, 0.1) is 62.7 Å². The minimum atomic E-state index is -1.99. The third-order valence-corrected chi connectivity index (χ3v) is 11.6. The molecule has 6 bridgehead atoms. The van der Waals surface area contributed by atoms with Crippen molar-refractivity contribution in [1.82, 2.24) is 0 Å². The fourth-order valence-electron chi connectivity index (χ4n) is 7.95. The Hall–Kier alpha value is -3.18. The summed E-state index contributed by atoms with van der Waals surface area (Å²) in [6.45, 7) is 10.2. The first-order chi connectivity index (χ1) is 26.1. The lowest BCUT2D eigenvalue weighted by atomic mass is 9.70. The summed E-state index contributed by atoms with van der Waals surface area (Å²) in [6, 6.07) is 0. The van der Waals surface area contributed by atoms with Crippen LogP contribution >= 0.6 is 0 Å². The van der Waals surface area contributed by atoms with Crippen LogP contribution in [-0.2, 0) is 52.3 Å². The second-order valence-corrected chi connectivity index (χ2v) is 16.9. The molecule has 0 aromatic heterocycles. The lowest BCUT2D eigenvalue weighted by Crippen LogP contribution is -2.62. The van der Waals surface area contributed by atoms with E-state index in [1.807, 2.05) is 6.92 Å². The molecule has 316 valence electrons. The van der Waals surface area contributed by atoms with Gasteiger partial charge in [0, 0.05) is 56.1 Å². The number of aliphatic hydroxyl groups is 4. The van der Waals surface area contributed by atoms with Gasteiger partial charge in [0.25, 0.3) is 0 Å². The predicted molar refractivity (Wildman–Crippen MR) is 199 cm³/mol. The summed E-state index contributed by atoms with van der Waals surface area (Å²) in [5.74, 6) is -6.35. The van der Waals surface area contributed by atoms with Gasteiger partial charge in [0.15, 0.2) is 11.6 Å². The van der Waals surface area contributed by atoms with Gasteiger partial charge in [-0.1, -0.05) is 57.9 Å². The Bertz CT molecular complexity index is 1510. The number of fused-ring (bicyclic) bond motifs is 6. The van der Waals surface area contributed by atoms with Crippen LogP contribution < -0.4 is 0 Å². The zero-order valence-electron chi connectivity index (χ0n) is 34.0. The normalized spacial score (nSPS) is 37.7. The average Bonchev–Trinajstić information content (AvgIpc) is 3.08. The summed E-state index contributed by atoms with van der Waals surface area (Å²) in [7, 11) is 2.51. The predicted octanol–water partition coefficient (Wildman–Crippen LogP) is 3.63. The highest BCUT2D eigenvalue weighted by molar-refractivity contribution is 5.83. The summed E-state index contributed by atoms with van der Waals surface area (Å²) >= 11 is 0. The fraction of sp³-hybridized carbons (Fsp3) is 0.756. The number of hydrogen-bond acceptors (Lipinski definition) is 15. The van der Waals surface area contributed by atoms with Crippen LogP contribution in [-0.4, -0.2) is 119 Å². The summed E-state index contributed by atoms with van der Waals surface area (Å²) in [5.41, 5.74) is -1.15. The van der Waals surface area contributed by atoms with Crippen molar-refractivity contribution in [2.45, 2.75) is 173 Å². The number of cyclic esters (lactones) is 1. The molecule has 0 aromatic rings. The molecule has 3 saturated heterocycles. The standard InChI is InChI=1S/C41H62O15/c1-9-10-34(44)54-33-21-30-18-27(43)19-37(47)53-32(24(2)42)20-29-15-26(17-36(46)51-8)22-40(48,55-29)38(3,4)12-11-28-13-25(16-35(45)50-7)14-31(52-28)23-41(49,56-30)39(33,5)6/h11-12,16-17,24,27-33,42-43,48-49H,9-10,13-15,18-23H2,1-8H3/b12-11+,25-16-,26-17+/t24-,27-,28+,29+,30-,31+,32-,33+,40-,41+/m1/s1. The van der Waals surface area contributed by atoms with Crippen LogP contribution in [0.5, 0.6) is 0 Å². The molecule has 0 radical (unpaired) electrons. The molecule has 4 heterocycles. The van der Waals surface area contributed by atoms with Gasteiger partial charge in [-0.05, 0) is 32.6 Å². The molecule has 3 fully saturated rings. The molecule has 4 rings (SSSR count). The molecule has 0 aliphatic carbocycles. The van der Waals surface area contributed by atoms with E-state index in [2.05, 4.69) is 0 Å². The van der Waals surface area contributed by atoms with E-state index in [4.69, 9.17) is 33.2 Å². The largest absolute Gasteiger partial charge is 0.466 e. The molecule has 0 unspecified atom stereocenters. The highest BCUT2D eigenvalue weighted by atomic mass is 16.6. The number of rotatable bonds is 6. The molecule has 15 heteroatoms. The molecule has 15 nitrogen and oxygen atoms in total. The Morgan fingerprint density at radius 2 is 1.52 bits per heavy atom. The van der Waals surface area contributed by atoms with Crippen LogP contribution in [0, 0.1) is 10.8 Å². The van der Waals surface area contributed by atoms with Crippen molar-refractivity contribution in [1.29, 1.82) is 0 Å². The number of carbonyl (C=O) groups excluding carboxylic acids is 4. The first-order valence-electron chi connectivity index (χ1n) is 19.6. The van der Waals surface area contributed by atoms with Crippen molar-refractivity contribution in [2.24, 2.45) is 10.8 Å². The van der Waals surface area contributed by atoms with Crippen LogP contribution in [0.3, 0.4) is 0 Å². The smallest absolute Gasteiger partial charge is 0.330 e. The quantitative estimate of drug-likeness (QED) is 0.131. The topological polar surface area (TPSA) is 214 Å². The Balaban J connectivity index is 1.80. The first kappa shape index (κ1) is 45.5. The van der Waals surface area contributed by atoms with Crippen LogP contribution in [0.15, 0.2) is 35.5 Å². The number of methoxy groups -OCH3 is 2. The van der Waals surface area contributed by atoms with E-state index in [9.17, 15) is 39.6 Å². The van der Waals surface area contributed by atoms with E-state index in [1.54, 1.807) is 39.8 Å². The van der Waals surface area contributed by atoms with Gasteiger partial charge in [-0.3, -0.25) is 9.59 Å². The number of ether oxygens (including phenoxy) is 7. The third-order valence-electron chi connectivity index (χ3n) is 11.6.